The third-order valence-electron chi connectivity index (χ3n) is 7.04. The molecule has 4 aromatic rings. The number of carboxylic acids is 1. The Kier molecular flexibility index (Phi) is 9.07. The Hall–Kier alpha value is -4.16. The summed E-state index contributed by atoms with van der Waals surface area (Å²) in [5, 5.41) is 37.2. The number of aliphatic hydroxyl groups excluding tert-OH is 1. The maximum atomic E-state index is 13.3. The van der Waals surface area contributed by atoms with E-state index < -0.39 is 32.7 Å². The maximum absolute atomic E-state index is 13.3. The zero-order valence-electron chi connectivity index (χ0n) is 23.5. The van der Waals surface area contributed by atoms with Crippen LogP contribution in [-0.4, -0.2) is 65.6 Å². The fraction of sp³-hybridized carbons (Fsp3) is 0.258. The number of aromatic carboxylic acids is 1. The molecule has 0 aliphatic rings. The number of aliphatic hydroxyl groups is 1. The van der Waals surface area contributed by atoms with Gasteiger partial charge in [0.2, 0.25) is 10.0 Å². The lowest BCUT2D eigenvalue weighted by Crippen LogP contribution is -2.47. The molecular weight excluding hydrogens is 558 g/mol. The molecule has 11 heteroatoms. The van der Waals surface area contributed by atoms with Crippen molar-refractivity contribution in [3.05, 3.63) is 106 Å². The SMILES string of the molecule is CN(C[C@H](O)CNC(C)(C)Cc1ccc2ccccc2c1)S(=O)(=O)c1cccc(-c2ccc(C(=O)O)cc2[N+](=O)[O-])c1. The molecule has 3 N–H and O–H groups in total. The van der Waals surface area contributed by atoms with Gasteiger partial charge in [-0.25, -0.2) is 13.2 Å². The van der Waals surface area contributed by atoms with Crippen molar-refractivity contribution in [3.8, 4) is 11.1 Å². The average Bonchev–Trinajstić information content (AvgIpc) is 2.95. The van der Waals surface area contributed by atoms with Gasteiger partial charge in [-0.05, 0) is 66.4 Å². The molecule has 0 aliphatic heterocycles. The summed E-state index contributed by atoms with van der Waals surface area (Å²) >= 11 is 0. The van der Waals surface area contributed by atoms with Crippen LogP contribution in [0.5, 0.6) is 0 Å². The molecule has 1 atom stereocenters. The zero-order chi connectivity index (χ0) is 30.7. The van der Waals surface area contributed by atoms with Gasteiger partial charge < -0.3 is 15.5 Å². The highest BCUT2D eigenvalue weighted by Crippen LogP contribution is 2.32. The lowest BCUT2D eigenvalue weighted by Gasteiger charge is -2.29. The Bertz CT molecular complexity index is 1740. The van der Waals surface area contributed by atoms with Crippen molar-refractivity contribution in [3.63, 3.8) is 0 Å². The summed E-state index contributed by atoms with van der Waals surface area (Å²) < 4.78 is 27.7. The molecule has 0 radical (unpaired) electrons. The monoisotopic (exact) mass is 591 g/mol. The largest absolute Gasteiger partial charge is 0.478 e. The van der Waals surface area contributed by atoms with Crippen molar-refractivity contribution in [2.75, 3.05) is 20.1 Å². The molecule has 10 nitrogen and oxygen atoms in total. The molecule has 0 amide bonds. The fourth-order valence-electron chi connectivity index (χ4n) is 4.84. The quantitative estimate of drug-likeness (QED) is 0.158. The standard InChI is InChI=1S/C31H33N3O7S/c1-31(2,18-21-11-12-22-7-4-5-8-23(22)15-21)32-19-26(35)20-33(3)42(40,41)27-10-6-9-24(16-27)28-14-13-25(30(36)37)17-29(28)34(38)39/h4-17,26,32,35H,18-20H2,1-3H3,(H,36,37)/t26-/m1/s1. The van der Waals surface area contributed by atoms with Crippen LogP contribution in [0.15, 0.2) is 89.8 Å². The highest BCUT2D eigenvalue weighted by Gasteiger charge is 2.26. The maximum Gasteiger partial charge on any atom is 0.335 e. The number of hydrogen-bond acceptors (Lipinski definition) is 7. The summed E-state index contributed by atoms with van der Waals surface area (Å²) in [6.07, 6.45) is -0.307. The van der Waals surface area contributed by atoms with Gasteiger partial charge in [-0.2, -0.15) is 4.31 Å². The molecule has 0 aromatic heterocycles. The second-order valence-corrected chi connectivity index (χ2v) is 12.9. The van der Waals surface area contributed by atoms with Crippen molar-refractivity contribution in [2.24, 2.45) is 0 Å². The average molecular weight is 592 g/mol. The minimum atomic E-state index is -4.06. The van der Waals surface area contributed by atoms with Gasteiger partial charge in [-0.1, -0.05) is 54.6 Å². The van der Waals surface area contributed by atoms with E-state index in [0.29, 0.717) is 6.42 Å². The molecule has 0 fully saturated rings. The smallest absolute Gasteiger partial charge is 0.335 e. The van der Waals surface area contributed by atoms with E-state index in [2.05, 4.69) is 35.6 Å². The van der Waals surface area contributed by atoms with Crippen LogP contribution < -0.4 is 5.32 Å². The second kappa shape index (κ2) is 12.4. The number of likely N-dealkylation sites (N-methyl/N-ethyl adjacent to an activating group) is 1. The Morgan fingerprint density at radius 3 is 2.40 bits per heavy atom. The molecule has 0 saturated heterocycles. The van der Waals surface area contributed by atoms with Crippen molar-refractivity contribution < 1.29 is 28.3 Å². The molecule has 4 rings (SSSR count). The van der Waals surface area contributed by atoms with Crippen molar-refractivity contribution in [1.82, 2.24) is 9.62 Å². The van der Waals surface area contributed by atoms with E-state index in [1.807, 2.05) is 26.0 Å². The van der Waals surface area contributed by atoms with Crippen molar-refractivity contribution in [2.45, 2.75) is 36.8 Å². The number of fused-ring (bicyclic) bond motifs is 1. The second-order valence-electron chi connectivity index (χ2n) is 10.9. The molecule has 0 spiro atoms. The molecule has 0 saturated carbocycles. The normalized spacial score (nSPS) is 12.9. The lowest BCUT2D eigenvalue weighted by molar-refractivity contribution is -0.384. The highest BCUT2D eigenvalue weighted by molar-refractivity contribution is 7.89. The van der Waals surface area contributed by atoms with Crippen LogP contribution in [0.4, 0.5) is 5.69 Å². The van der Waals surface area contributed by atoms with E-state index in [1.165, 1.54) is 43.4 Å². The number of hydrogen-bond donors (Lipinski definition) is 3. The van der Waals surface area contributed by atoms with Gasteiger partial charge in [0, 0.05) is 31.7 Å². The lowest BCUT2D eigenvalue weighted by atomic mass is 9.93. The number of β-amino-alcohol motifs (C(OH)–C–C–N with tert-alkyl or cyclic N) is 1. The molecule has 0 unspecified atom stereocenters. The molecule has 0 bridgehead atoms. The van der Waals surface area contributed by atoms with E-state index in [1.54, 1.807) is 0 Å². The number of carboxylic acid groups (broad SMARTS) is 1. The summed E-state index contributed by atoms with van der Waals surface area (Å²) in [5.41, 5.74) is 0.384. The number of carbonyl (C=O) groups is 1. The molecule has 0 aliphatic carbocycles. The minimum Gasteiger partial charge on any atom is -0.478 e. The Balaban J connectivity index is 1.43. The van der Waals surface area contributed by atoms with E-state index >= 15 is 0 Å². The Morgan fingerprint density at radius 1 is 1.00 bits per heavy atom. The summed E-state index contributed by atoms with van der Waals surface area (Å²) in [6.45, 7) is 4.01. The van der Waals surface area contributed by atoms with Crippen LogP contribution in [0, 0.1) is 10.1 Å². The number of rotatable bonds is 12. The summed E-state index contributed by atoms with van der Waals surface area (Å²) in [6, 6.07) is 23.5. The van der Waals surface area contributed by atoms with Crippen LogP contribution >= 0.6 is 0 Å². The number of nitro groups is 1. The summed E-state index contributed by atoms with van der Waals surface area (Å²) in [5.74, 6) is -1.31. The third kappa shape index (κ3) is 7.18. The molecule has 0 heterocycles. The van der Waals surface area contributed by atoms with Gasteiger partial charge in [-0.15, -0.1) is 0 Å². The topological polar surface area (TPSA) is 150 Å². The predicted octanol–water partition coefficient (Wildman–Crippen LogP) is 4.71. The zero-order valence-corrected chi connectivity index (χ0v) is 24.3. The molecule has 4 aromatic carbocycles. The van der Waals surface area contributed by atoms with E-state index in [4.69, 9.17) is 0 Å². The first-order valence-electron chi connectivity index (χ1n) is 13.3. The van der Waals surface area contributed by atoms with Gasteiger partial charge in [0.25, 0.3) is 5.69 Å². The van der Waals surface area contributed by atoms with E-state index in [-0.39, 0.29) is 40.2 Å². The number of sulfonamides is 1. The molecular formula is C31H33N3O7S. The Labute approximate surface area is 244 Å². The number of nitrogens with one attached hydrogen (secondary N) is 1. The van der Waals surface area contributed by atoms with Gasteiger partial charge >= 0.3 is 5.97 Å². The first-order chi connectivity index (χ1) is 19.8. The van der Waals surface area contributed by atoms with Crippen LogP contribution in [0.25, 0.3) is 21.9 Å². The number of benzene rings is 4. The van der Waals surface area contributed by atoms with Crippen molar-refractivity contribution in [1.29, 1.82) is 0 Å². The number of nitrogens with zero attached hydrogens (tertiary/aromatic N) is 2. The first-order valence-corrected chi connectivity index (χ1v) is 14.7. The highest BCUT2D eigenvalue weighted by atomic mass is 32.2. The van der Waals surface area contributed by atoms with Gasteiger partial charge in [0.1, 0.15) is 0 Å². The summed E-state index contributed by atoms with van der Waals surface area (Å²) in [7, 11) is -2.70. The van der Waals surface area contributed by atoms with Gasteiger partial charge in [0.15, 0.2) is 0 Å². The van der Waals surface area contributed by atoms with Crippen molar-refractivity contribution >= 4 is 32.5 Å². The minimum absolute atomic E-state index is 0.0857. The fourth-order valence-corrected chi connectivity index (χ4v) is 6.09. The van der Waals surface area contributed by atoms with Crippen LogP contribution in [-0.2, 0) is 16.4 Å². The van der Waals surface area contributed by atoms with Crippen LogP contribution in [0.2, 0.25) is 0 Å². The van der Waals surface area contributed by atoms with Gasteiger partial charge in [0.05, 0.1) is 27.0 Å². The third-order valence-corrected chi connectivity index (χ3v) is 8.86. The van der Waals surface area contributed by atoms with E-state index in [0.717, 1.165) is 26.7 Å². The molecule has 220 valence electrons. The van der Waals surface area contributed by atoms with Gasteiger partial charge in [-0.3, -0.25) is 10.1 Å². The first kappa shape index (κ1) is 30.8. The van der Waals surface area contributed by atoms with E-state index in [9.17, 15) is 33.5 Å². The Morgan fingerprint density at radius 2 is 1.71 bits per heavy atom. The van der Waals surface area contributed by atoms with Crippen LogP contribution in [0.3, 0.4) is 0 Å². The molecule has 42 heavy (non-hydrogen) atoms. The van der Waals surface area contributed by atoms with Crippen LogP contribution in [0.1, 0.15) is 29.8 Å². The number of nitro benzene ring substituents is 1. The summed E-state index contributed by atoms with van der Waals surface area (Å²) in [4.78, 5) is 22.1. The predicted molar refractivity (Wildman–Crippen MR) is 161 cm³/mol.